The van der Waals surface area contributed by atoms with E-state index in [-0.39, 0.29) is 0 Å². The number of nitrogens with zero attached hydrogens (tertiary/aromatic N) is 2. The Bertz CT molecular complexity index is 597. The second kappa shape index (κ2) is 6.04. The van der Waals surface area contributed by atoms with E-state index in [4.69, 9.17) is 5.26 Å². The second-order valence-electron chi connectivity index (χ2n) is 3.56. The molecule has 0 saturated carbocycles. The van der Waals surface area contributed by atoms with E-state index in [1.165, 1.54) is 0 Å². The number of hydrogen-bond donors (Lipinski definition) is 0. The number of aliphatic imine (C=N–C) groups is 1. The molecule has 0 aliphatic carbocycles. The van der Waals surface area contributed by atoms with Crippen LogP contribution in [-0.2, 0) is 0 Å². The van der Waals surface area contributed by atoms with Crippen LogP contribution < -0.4 is 0 Å². The van der Waals surface area contributed by atoms with Gasteiger partial charge in [0.15, 0.2) is 0 Å². The van der Waals surface area contributed by atoms with Crippen molar-refractivity contribution in [3.05, 3.63) is 65.7 Å². The maximum absolute atomic E-state index is 8.88. The highest BCUT2D eigenvalue weighted by Crippen LogP contribution is 2.24. The van der Waals surface area contributed by atoms with Gasteiger partial charge in [-0.3, -0.25) is 4.99 Å². The van der Waals surface area contributed by atoms with Crippen molar-refractivity contribution in [2.24, 2.45) is 4.99 Å². The van der Waals surface area contributed by atoms with Gasteiger partial charge in [0, 0.05) is 17.5 Å². The first-order valence-corrected chi connectivity index (χ1v) is 6.26. The summed E-state index contributed by atoms with van der Waals surface area (Å²) in [5.74, 6) is 0. The lowest BCUT2D eigenvalue weighted by Crippen LogP contribution is -1.94. The number of hydrogen-bond acceptors (Lipinski definition) is 3. The molecule has 0 bridgehead atoms. The summed E-state index contributed by atoms with van der Waals surface area (Å²) in [7, 11) is 1.77. The van der Waals surface area contributed by atoms with Crippen LogP contribution in [0, 0.1) is 17.4 Å². The van der Waals surface area contributed by atoms with Gasteiger partial charge in [-0.2, -0.15) is 5.26 Å². The van der Waals surface area contributed by atoms with Gasteiger partial charge in [0.1, 0.15) is 5.04 Å². The molecule has 3 heteroatoms. The van der Waals surface area contributed by atoms with Crippen LogP contribution in [0.15, 0.2) is 58.4 Å². The lowest BCUT2D eigenvalue weighted by Gasteiger charge is -2.05. The maximum atomic E-state index is 8.88. The van der Waals surface area contributed by atoms with Crippen molar-refractivity contribution in [3.8, 4) is 6.07 Å². The molecule has 0 atom stereocenters. The first-order valence-electron chi connectivity index (χ1n) is 5.45. The molecular formula is C15H11N2S. The van der Waals surface area contributed by atoms with E-state index in [0.717, 1.165) is 15.5 Å². The SMILES string of the molecule is C/N=C(/Sc1cccc(C#N)c1)c1c[c]ccc1. The third-order valence-electron chi connectivity index (χ3n) is 2.33. The standard InChI is InChI=1S/C15H11N2S/c1-17-15(13-7-3-2-4-8-13)18-14-9-5-6-12(10-14)11-16/h2-3,5-10H,1H3/b17-15+. The van der Waals surface area contributed by atoms with Gasteiger partial charge in [-0.25, -0.2) is 0 Å². The van der Waals surface area contributed by atoms with Crippen LogP contribution in [0.3, 0.4) is 0 Å². The third-order valence-corrected chi connectivity index (χ3v) is 3.44. The predicted molar refractivity (Wildman–Crippen MR) is 74.8 cm³/mol. The summed E-state index contributed by atoms with van der Waals surface area (Å²) < 4.78 is 0. The van der Waals surface area contributed by atoms with Gasteiger partial charge in [0.25, 0.3) is 0 Å². The Balaban J connectivity index is 2.25. The zero-order chi connectivity index (χ0) is 12.8. The zero-order valence-electron chi connectivity index (χ0n) is 9.92. The Morgan fingerprint density at radius 1 is 1.33 bits per heavy atom. The van der Waals surface area contributed by atoms with Crippen molar-refractivity contribution in [1.29, 1.82) is 5.26 Å². The van der Waals surface area contributed by atoms with Crippen LogP contribution in [0.1, 0.15) is 11.1 Å². The van der Waals surface area contributed by atoms with Crippen LogP contribution in [0.5, 0.6) is 0 Å². The van der Waals surface area contributed by atoms with Crippen molar-refractivity contribution < 1.29 is 0 Å². The quantitative estimate of drug-likeness (QED) is 0.465. The highest BCUT2D eigenvalue weighted by Gasteiger charge is 2.05. The molecular weight excluding hydrogens is 240 g/mol. The Morgan fingerprint density at radius 3 is 2.89 bits per heavy atom. The van der Waals surface area contributed by atoms with E-state index in [1.807, 2.05) is 42.5 Å². The van der Waals surface area contributed by atoms with Gasteiger partial charge >= 0.3 is 0 Å². The van der Waals surface area contributed by atoms with Crippen molar-refractivity contribution in [2.45, 2.75) is 4.90 Å². The zero-order valence-corrected chi connectivity index (χ0v) is 10.7. The van der Waals surface area contributed by atoms with Gasteiger partial charge in [0.05, 0.1) is 11.6 Å². The first kappa shape index (κ1) is 12.4. The van der Waals surface area contributed by atoms with Gasteiger partial charge < -0.3 is 0 Å². The van der Waals surface area contributed by atoms with Crippen molar-refractivity contribution in [3.63, 3.8) is 0 Å². The Hall–Kier alpha value is -2.05. The number of benzene rings is 2. The number of thioether (sulfide) groups is 1. The molecule has 2 aromatic rings. The average Bonchev–Trinajstić information content (AvgIpc) is 2.46. The molecule has 1 radical (unpaired) electrons. The second-order valence-corrected chi connectivity index (χ2v) is 4.62. The fourth-order valence-corrected chi connectivity index (χ4v) is 2.39. The Kier molecular flexibility index (Phi) is 4.16. The smallest absolute Gasteiger partial charge is 0.102 e. The topological polar surface area (TPSA) is 36.1 Å². The molecule has 0 aliphatic rings. The Labute approximate surface area is 111 Å². The molecule has 2 nitrogen and oxygen atoms in total. The molecule has 0 aromatic heterocycles. The summed E-state index contributed by atoms with van der Waals surface area (Å²) in [6.45, 7) is 0. The third kappa shape index (κ3) is 2.99. The summed E-state index contributed by atoms with van der Waals surface area (Å²) in [6.07, 6.45) is 0. The fraction of sp³-hybridized carbons (Fsp3) is 0.0667. The van der Waals surface area contributed by atoms with Gasteiger partial charge in [0.2, 0.25) is 0 Å². The molecule has 0 amide bonds. The maximum Gasteiger partial charge on any atom is 0.102 e. The highest BCUT2D eigenvalue weighted by molar-refractivity contribution is 8.14. The first-order chi connectivity index (χ1) is 8.83. The molecule has 0 unspecified atom stereocenters. The molecule has 0 N–H and O–H groups in total. The molecule has 18 heavy (non-hydrogen) atoms. The van der Waals surface area contributed by atoms with Crippen molar-refractivity contribution in [2.75, 3.05) is 7.05 Å². The molecule has 0 heterocycles. The highest BCUT2D eigenvalue weighted by atomic mass is 32.2. The minimum absolute atomic E-state index is 0.662. The summed E-state index contributed by atoms with van der Waals surface area (Å²) in [5.41, 5.74) is 1.70. The molecule has 0 spiro atoms. The van der Waals surface area contributed by atoms with Crippen LogP contribution in [0.25, 0.3) is 0 Å². The number of nitriles is 1. The summed E-state index contributed by atoms with van der Waals surface area (Å²) >= 11 is 1.55. The molecule has 0 saturated heterocycles. The van der Waals surface area contributed by atoms with Gasteiger partial charge in [-0.1, -0.05) is 36.0 Å². The van der Waals surface area contributed by atoms with Crippen molar-refractivity contribution >= 4 is 16.8 Å². The van der Waals surface area contributed by atoms with E-state index in [1.54, 1.807) is 24.9 Å². The molecule has 2 aromatic carbocycles. The summed E-state index contributed by atoms with van der Waals surface area (Å²) in [6, 6.07) is 20.4. The van der Waals surface area contributed by atoms with E-state index < -0.39 is 0 Å². The van der Waals surface area contributed by atoms with E-state index in [2.05, 4.69) is 17.1 Å². The fourth-order valence-electron chi connectivity index (χ4n) is 1.50. The summed E-state index contributed by atoms with van der Waals surface area (Å²) in [5, 5.41) is 9.79. The minimum Gasteiger partial charge on any atom is -0.281 e. The van der Waals surface area contributed by atoms with E-state index >= 15 is 0 Å². The van der Waals surface area contributed by atoms with Crippen LogP contribution >= 0.6 is 11.8 Å². The lowest BCUT2D eigenvalue weighted by molar-refractivity contribution is 1.40. The van der Waals surface area contributed by atoms with E-state index in [0.29, 0.717) is 5.56 Å². The number of rotatable bonds is 2. The molecule has 0 fully saturated rings. The van der Waals surface area contributed by atoms with Crippen LogP contribution in [-0.4, -0.2) is 12.1 Å². The van der Waals surface area contributed by atoms with Gasteiger partial charge in [-0.05, 0) is 30.3 Å². The predicted octanol–water partition coefficient (Wildman–Crippen LogP) is 3.53. The van der Waals surface area contributed by atoms with Crippen LogP contribution in [0.4, 0.5) is 0 Å². The van der Waals surface area contributed by atoms with Gasteiger partial charge in [-0.15, -0.1) is 0 Å². The Morgan fingerprint density at radius 2 is 2.22 bits per heavy atom. The normalized spacial score (nSPS) is 11.0. The summed E-state index contributed by atoms with van der Waals surface area (Å²) in [4.78, 5) is 5.30. The molecule has 2 rings (SSSR count). The van der Waals surface area contributed by atoms with Crippen LogP contribution in [0.2, 0.25) is 0 Å². The molecule has 0 aliphatic heterocycles. The van der Waals surface area contributed by atoms with Crippen molar-refractivity contribution in [1.82, 2.24) is 0 Å². The van der Waals surface area contributed by atoms with E-state index in [9.17, 15) is 0 Å². The minimum atomic E-state index is 0.662. The average molecular weight is 251 g/mol. The lowest BCUT2D eigenvalue weighted by atomic mass is 10.2. The monoisotopic (exact) mass is 251 g/mol. The largest absolute Gasteiger partial charge is 0.281 e. The molecule has 87 valence electrons.